The summed E-state index contributed by atoms with van der Waals surface area (Å²) >= 11 is 0. The Morgan fingerprint density at radius 2 is 1.73 bits per heavy atom. The van der Waals surface area contributed by atoms with E-state index in [1.165, 1.54) is 16.0 Å². The molecule has 0 saturated heterocycles. The van der Waals surface area contributed by atoms with Crippen LogP contribution in [0.15, 0.2) is 64.1 Å². The fourth-order valence-corrected chi connectivity index (χ4v) is 6.19. The van der Waals surface area contributed by atoms with E-state index in [4.69, 9.17) is 4.42 Å². The lowest BCUT2D eigenvalue weighted by Gasteiger charge is -2.31. The number of nitrogens with one attached hydrogen (secondary N) is 2. The molecule has 0 fully saturated rings. The maximum absolute atomic E-state index is 13.2. The molecule has 0 radical (unpaired) electrons. The van der Waals surface area contributed by atoms with E-state index in [1.807, 2.05) is 45.0 Å². The van der Waals surface area contributed by atoms with Crippen molar-refractivity contribution >= 4 is 10.0 Å². The van der Waals surface area contributed by atoms with Crippen LogP contribution in [0.5, 0.6) is 0 Å². The number of hydrogen-bond donors (Lipinski definition) is 2. The maximum atomic E-state index is 13.2. The highest BCUT2D eigenvalue weighted by atomic mass is 32.2. The molecular weight excluding hydrogens is 396 g/mol. The third-order valence-corrected chi connectivity index (χ3v) is 7.71. The van der Waals surface area contributed by atoms with Crippen molar-refractivity contribution in [3.8, 4) is 0 Å². The summed E-state index contributed by atoms with van der Waals surface area (Å²) in [6, 6.07) is 16.0. The van der Waals surface area contributed by atoms with Gasteiger partial charge in [0.15, 0.2) is 11.8 Å². The predicted molar refractivity (Wildman–Crippen MR) is 117 cm³/mol. The Bertz CT molecular complexity index is 1110. The van der Waals surface area contributed by atoms with Crippen molar-refractivity contribution in [2.45, 2.75) is 44.7 Å². The number of benzene rings is 2. The van der Waals surface area contributed by atoms with Crippen LogP contribution in [-0.4, -0.2) is 21.5 Å². The molecule has 0 saturated carbocycles. The van der Waals surface area contributed by atoms with E-state index in [1.54, 1.807) is 6.26 Å². The third-order valence-electron chi connectivity index (χ3n) is 5.98. The van der Waals surface area contributed by atoms with Crippen LogP contribution in [0.25, 0.3) is 0 Å². The summed E-state index contributed by atoms with van der Waals surface area (Å²) in [5.74, 6) is 0.810. The van der Waals surface area contributed by atoms with Crippen LogP contribution < -0.4 is 9.62 Å². The Kier molecular flexibility index (Phi) is 5.82. The first-order chi connectivity index (χ1) is 14.3. The summed E-state index contributed by atoms with van der Waals surface area (Å²) in [4.78, 5) is 1.69. The van der Waals surface area contributed by atoms with Gasteiger partial charge >= 0.3 is 0 Å². The summed E-state index contributed by atoms with van der Waals surface area (Å²) in [6.07, 6.45) is 2.63. The lowest BCUT2D eigenvalue weighted by molar-refractivity contribution is -0.946. The number of quaternary nitrogens is 1. The van der Waals surface area contributed by atoms with Gasteiger partial charge in [0, 0.05) is 12.0 Å². The van der Waals surface area contributed by atoms with Crippen LogP contribution in [0.1, 0.15) is 39.6 Å². The minimum Gasteiger partial charge on any atom is -0.463 e. The maximum Gasteiger partial charge on any atom is 0.241 e. The van der Waals surface area contributed by atoms with Crippen LogP contribution in [0.3, 0.4) is 0 Å². The van der Waals surface area contributed by atoms with Gasteiger partial charge < -0.3 is 9.32 Å². The van der Waals surface area contributed by atoms with Crippen molar-refractivity contribution in [1.82, 2.24) is 4.72 Å². The zero-order valence-electron chi connectivity index (χ0n) is 17.7. The van der Waals surface area contributed by atoms with Crippen LogP contribution in [-0.2, 0) is 23.0 Å². The van der Waals surface area contributed by atoms with Crippen molar-refractivity contribution in [2.24, 2.45) is 0 Å². The number of rotatable bonds is 6. The average Bonchev–Trinajstić information content (AvgIpc) is 3.21. The molecule has 0 spiro atoms. The smallest absolute Gasteiger partial charge is 0.241 e. The molecule has 5 nitrogen and oxygen atoms in total. The van der Waals surface area contributed by atoms with Crippen LogP contribution >= 0.6 is 0 Å². The van der Waals surface area contributed by atoms with Gasteiger partial charge in [0.05, 0.1) is 24.2 Å². The Hall–Kier alpha value is -2.41. The molecule has 2 aromatic carbocycles. The minimum atomic E-state index is -3.63. The monoisotopic (exact) mass is 425 g/mol. The molecule has 0 bridgehead atoms. The molecule has 2 N–H and O–H groups in total. The van der Waals surface area contributed by atoms with Crippen molar-refractivity contribution in [3.05, 3.63) is 88.4 Å². The van der Waals surface area contributed by atoms with Crippen molar-refractivity contribution < 1.29 is 17.7 Å². The molecule has 1 aliphatic heterocycles. The van der Waals surface area contributed by atoms with Gasteiger partial charge in [0.25, 0.3) is 0 Å². The quantitative estimate of drug-likeness (QED) is 0.638. The lowest BCUT2D eigenvalue weighted by atomic mass is 9.98. The zero-order chi connectivity index (χ0) is 21.3. The second-order valence-electron chi connectivity index (χ2n) is 8.25. The highest BCUT2D eigenvalue weighted by Crippen LogP contribution is 2.22. The van der Waals surface area contributed by atoms with E-state index in [9.17, 15) is 8.42 Å². The molecule has 2 heterocycles. The van der Waals surface area contributed by atoms with E-state index >= 15 is 0 Å². The number of sulfonamides is 1. The molecule has 158 valence electrons. The van der Waals surface area contributed by atoms with E-state index in [0.29, 0.717) is 11.4 Å². The first-order valence-corrected chi connectivity index (χ1v) is 11.9. The van der Waals surface area contributed by atoms with E-state index in [0.717, 1.165) is 42.0 Å². The van der Waals surface area contributed by atoms with Crippen molar-refractivity contribution in [2.75, 3.05) is 13.1 Å². The minimum absolute atomic E-state index is 0.0887. The van der Waals surface area contributed by atoms with Gasteiger partial charge in [0.1, 0.15) is 6.54 Å². The van der Waals surface area contributed by atoms with E-state index in [-0.39, 0.29) is 6.04 Å². The highest BCUT2D eigenvalue weighted by Gasteiger charge is 2.32. The SMILES string of the molecule is Cc1cc(C)c(S(=O)(=O)NC[C@H](c2ccco2)[NH+]2CCc3ccccc3C2)c(C)c1. The molecular formula is C24H29N2O3S+. The van der Waals surface area contributed by atoms with Gasteiger partial charge in [-0.2, -0.15) is 0 Å². The molecule has 3 aromatic rings. The fourth-order valence-electron chi connectivity index (χ4n) is 4.69. The second-order valence-corrected chi connectivity index (χ2v) is 9.96. The molecule has 1 aliphatic rings. The fraction of sp³-hybridized carbons (Fsp3) is 0.333. The molecule has 0 aliphatic carbocycles. The molecule has 6 heteroatoms. The largest absolute Gasteiger partial charge is 0.463 e. The van der Waals surface area contributed by atoms with E-state index in [2.05, 4.69) is 29.0 Å². The Balaban J connectivity index is 1.59. The summed E-state index contributed by atoms with van der Waals surface area (Å²) < 4.78 is 35.0. The zero-order valence-corrected chi connectivity index (χ0v) is 18.6. The van der Waals surface area contributed by atoms with Crippen LogP contribution in [0, 0.1) is 20.8 Å². The van der Waals surface area contributed by atoms with Gasteiger partial charge in [-0.15, -0.1) is 0 Å². The molecule has 1 aromatic heterocycles. The lowest BCUT2D eigenvalue weighted by Crippen LogP contribution is -3.12. The summed E-state index contributed by atoms with van der Waals surface area (Å²) in [5, 5.41) is 0. The average molecular weight is 426 g/mol. The van der Waals surface area contributed by atoms with Gasteiger partial charge in [0.2, 0.25) is 10.0 Å². The highest BCUT2D eigenvalue weighted by molar-refractivity contribution is 7.89. The molecule has 4 rings (SSSR count). The number of fused-ring (bicyclic) bond motifs is 1. The summed E-state index contributed by atoms with van der Waals surface area (Å²) in [7, 11) is -3.63. The van der Waals surface area contributed by atoms with Crippen molar-refractivity contribution in [3.63, 3.8) is 0 Å². The molecule has 1 unspecified atom stereocenters. The number of furan rings is 1. The first-order valence-electron chi connectivity index (χ1n) is 10.4. The third kappa shape index (κ3) is 4.21. The standard InChI is InChI=1S/C24H28N2O3S/c1-17-13-18(2)24(19(3)14-17)30(27,28)25-15-22(23-9-6-12-29-23)26-11-10-20-7-4-5-8-21(20)16-26/h4-9,12-14,22,25H,10-11,15-16H2,1-3H3/p+1/t22-/m1/s1. The topological polar surface area (TPSA) is 63.8 Å². The first kappa shape index (κ1) is 20.8. The Morgan fingerprint density at radius 3 is 2.40 bits per heavy atom. The normalized spacial score (nSPS) is 17.5. The predicted octanol–water partition coefficient (Wildman–Crippen LogP) is 2.87. The van der Waals surface area contributed by atoms with E-state index < -0.39 is 10.0 Å². The number of hydrogen-bond acceptors (Lipinski definition) is 3. The second kappa shape index (κ2) is 8.38. The Morgan fingerprint density at radius 1 is 1.03 bits per heavy atom. The number of aryl methyl sites for hydroxylation is 3. The Labute approximate surface area is 178 Å². The summed E-state index contributed by atoms with van der Waals surface area (Å²) in [5.41, 5.74) is 5.31. The van der Waals surface area contributed by atoms with Crippen LogP contribution in [0.2, 0.25) is 0 Å². The van der Waals surface area contributed by atoms with Gasteiger partial charge in [-0.1, -0.05) is 42.0 Å². The van der Waals surface area contributed by atoms with Crippen LogP contribution in [0.4, 0.5) is 0 Å². The molecule has 2 atom stereocenters. The summed E-state index contributed by atoms with van der Waals surface area (Å²) in [6.45, 7) is 7.77. The molecule has 0 amide bonds. The van der Waals surface area contributed by atoms with Gasteiger partial charge in [-0.25, -0.2) is 13.1 Å². The molecule has 30 heavy (non-hydrogen) atoms. The van der Waals surface area contributed by atoms with Gasteiger partial charge in [-0.05, 0) is 49.6 Å². The van der Waals surface area contributed by atoms with Gasteiger partial charge in [-0.3, -0.25) is 0 Å². The van der Waals surface area contributed by atoms with Crippen molar-refractivity contribution in [1.29, 1.82) is 0 Å².